The zero-order chi connectivity index (χ0) is 34.1. The summed E-state index contributed by atoms with van der Waals surface area (Å²) in [6, 6.07) is 10.2. The average Bonchev–Trinajstić information content (AvgIpc) is 3.74. The van der Waals surface area contributed by atoms with Crippen LogP contribution in [-0.2, 0) is 35.4 Å². The lowest BCUT2D eigenvalue weighted by Crippen LogP contribution is -2.40. The quantitative estimate of drug-likeness (QED) is 0.255. The van der Waals surface area contributed by atoms with E-state index in [9.17, 15) is 9.59 Å². The zero-order valence-electron chi connectivity index (χ0n) is 29.1. The third-order valence-electron chi connectivity index (χ3n) is 11.2. The maximum absolute atomic E-state index is 15.3. The number of hydrogen-bond acceptors (Lipinski definition) is 6. The molecule has 3 fully saturated rings. The number of morpholine rings is 1. The van der Waals surface area contributed by atoms with Gasteiger partial charge in [-0.15, -0.1) is 0 Å². The molecule has 2 N–H and O–H groups in total. The summed E-state index contributed by atoms with van der Waals surface area (Å²) in [4.78, 5) is 34.8. The lowest BCUT2D eigenvalue weighted by Gasteiger charge is -2.36. The van der Waals surface area contributed by atoms with Crippen LogP contribution in [0.5, 0.6) is 0 Å². The third-order valence-corrected chi connectivity index (χ3v) is 11.2. The van der Waals surface area contributed by atoms with Crippen molar-refractivity contribution in [1.82, 2.24) is 15.2 Å². The molecule has 49 heavy (non-hydrogen) atoms. The van der Waals surface area contributed by atoms with E-state index in [1.54, 1.807) is 6.07 Å². The number of fused-ring (bicyclic) bond motifs is 3. The Labute approximate surface area is 288 Å². The van der Waals surface area contributed by atoms with Gasteiger partial charge in [-0.3, -0.25) is 14.5 Å². The molecule has 0 spiro atoms. The number of H-pyrrole nitrogens is 1. The van der Waals surface area contributed by atoms with E-state index in [0.29, 0.717) is 35.3 Å². The van der Waals surface area contributed by atoms with Crippen molar-refractivity contribution in [2.75, 3.05) is 37.8 Å². The number of benzene rings is 2. The number of ether oxygens (including phenoxy) is 2. The zero-order valence-corrected chi connectivity index (χ0v) is 29.1. The fourth-order valence-electron chi connectivity index (χ4n) is 8.35. The number of carbonyl (C=O) groups is 1. The minimum Gasteiger partial charge on any atom is -0.381 e. The Morgan fingerprint density at radius 1 is 1.08 bits per heavy atom. The van der Waals surface area contributed by atoms with Crippen LogP contribution in [0.2, 0.25) is 0 Å². The Morgan fingerprint density at radius 2 is 1.88 bits per heavy atom. The van der Waals surface area contributed by atoms with Crippen molar-refractivity contribution in [3.05, 3.63) is 96.7 Å². The van der Waals surface area contributed by atoms with E-state index < -0.39 is 0 Å². The van der Waals surface area contributed by atoms with Crippen LogP contribution in [0.15, 0.2) is 35.1 Å². The normalized spacial score (nSPS) is 21.0. The number of nitrogens with zero attached hydrogens (tertiary/aromatic N) is 2. The minimum atomic E-state index is -0.218. The van der Waals surface area contributed by atoms with E-state index in [1.807, 2.05) is 44.2 Å². The molecule has 1 aromatic heterocycles. The summed E-state index contributed by atoms with van der Waals surface area (Å²) in [6.07, 6.45) is 11.1. The van der Waals surface area contributed by atoms with Crippen molar-refractivity contribution in [3.8, 4) is 0 Å². The summed E-state index contributed by atoms with van der Waals surface area (Å²) in [5.41, 5.74) is 8.55. The largest absolute Gasteiger partial charge is 0.381 e. The van der Waals surface area contributed by atoms with Gasteiger partial charge in [-0.2, -0.15) is 0 Å². The number of likely N-dealkylation sites (tertiary alicyclic amines) is 1. The van der Waals surface area contributed by atoms with Gasteiger partial charge in [0, 0.05) is 79.5 Å². The molecule has 4 heterocycles. The standard InChI is InChI=1S/C40H49FN4O4/c1-4-45(30-13-15-48-16-14-30)38-19-28(10-9-27-11-12-29(36(41)18-27)22-44-23-32-20-31(44)24-49-32)17-34(26(38)3)39(46)42-21-35-25(2)33-7-5-6-8-37(33)43-40(35)47/h9-12,17-19,30-32H,4-8,13-16,20-24H2,1-3H3,(H,42,46)(H,43,47)/b10-9+/t31-,32-/m0/s1. The van der Waals surface area contributed by atoms with Crippen molar-refractivity contribution >= 4 is 23.7 Å². The molecule has 9 heteroatoms. The topological polar surface area (TPSA) is 86.9 Å². The smallest absolute Gasteiger partial charge is 0.253 e. The fourth-order valence-corrected chi connectivity index (χ4v) is 8.35. The van der Waals surface area contributed by atoms with Gasteiger partial charge in [-0.1, -0.05) is 24.3 Å². The number of halogens is 1. The molecule has 3 aromatic rings. The number of hydrogen-bond donors (Lipinski definition) is 2. The van der Waals surface area contributed by atoms with E-state index in [1.165, 1.54) is 5.56 Å². The number of pyridine rings is 1. The molecule has 3 aliphatic heterocycles. The molecule has 2 aromatic carbocycles. The predicted octanol–water partition coefficient (Wildman–Crippen LogP) is 6.09. The maximum atomic E-state index is 15.3. The fraction of sp³-hybridized carbons (Fsp3) is 0.500. The third kappa shape index (κ3) is 7.12. The second-order valence-corrected chi connectivity index (χ2v) is 14.2. The number of nitrogens with one attached hydrogen (secondary N) is 2. The highest BCUT2D eigenvalue weighted by Gasteiger charge is 2.39. The monoisotopic (exact) mass is 668 g/mol. The van der Waals surface area contributed by atoms with Gasteiger partial charge in [-0.05, 0) is 112 Å². The Kier molecular flexibility index (Phi) is 10.0. The lowest BCUT2D eigenvalue weighted by molar-refractivity contribution is 0.0269. The predicted molar refractivity (Wildman–Crippen MR) is 192 cm³/mol. The Hall–Kier alpha value is -3.79. The second kappa shape index (κ2) is 14.6. The van der Waals surface area contributed by atoms with Gasteiger partial charge in [0.1, 0.15) is 5.82 Å². The number of aromatic nitrogens is 1. The van der Waals surface area contributed by atoms with Crippen molar-refractivity contribution in [2.45, 2.75) is 97.0 Å². The first kappa shape index (κ1) is 33.7. The summed E-state index contributed by atoms with van der Waals surface area (Å²) in [5, 5.41) is 3.08. The van der Waals surface area contributed by atoms with Crippen LogP contribution in [0.1, 0.15) is 94.0 Å². The summed E-state index contributed by atoms with van der Waals surface area (Å²) < 4.78 is 26.7. The van der Waals surface area contributed by atoms with Gasteiger partial charge < -0.3 is 24.7 Å². The lowest BCUT2D eigenvalue weighted by atomic mass is 9.90. The van der Waals surface area contributed by atoms with Gasteiger partial charge in [-0.25, -0.2) is 4.39 Å². The van der Waals surface area contributed by atoms with Gasteiger partial charge in [0.05, 0.1) is 12.7 Å². The molecule has 2 atom stereocenters. The van der Waals surface area contributed by atoms with E-state index in [4.69, 9.17) is 9.47 Å². The molecular weight excluding hydrogens is 619 g/mol. The molecule has 3 saturated heterocycles. The number of aromatic amines is 1. The highest BCUT2D eigenvalue weighted by atomic mass is 19.1. The van der Waals surface area contributed by atoms with E-state index in [2.05, 4.69) is 33.1 Å². The highest BCUT2D eigenvalue weighted by molar-refractivity contribution is 5.98. The summed E-state index contributed by atoms with van der Waals surface area (Å²) >= 11 is 0. The molecule has 260 valence electrons. The van der Waals surface area contributed by atoms with Crippen molar-refractivity contribution in [1.29, 1.82) is 0 Å². The molecule has 1 aliphatic carbocycles. The van der Waals surface area contributed by atoms with Crippen LogP contribution >= 0.6 is 0 Å². The van der Waals surface area contributed by atoms with E-state index >= 15 is 4.39 Å². The first-order valence-corrected chi connectivity index (χ1v) is 18.1. The second-order valence-electron chi connectivity index (χ2n) is 14.2. The molecular formula is C40H49FN4O4. The summed E-state index contributed by atoms with van der Waals surface area (Å²) in [6.45, 7) is 10.7. The number of amides is 1. The molecule has 0 unspecified atom stereocenters. The van der Waals surface area contributed by atoms with Crippen LogP contribution in [-0.4, -0.2) is 66.9 Å². The first-order valence-electron chi connectivity index (χ1n) is 18.1. The molecule has 8 nitrogen and oxygen atoms in total. The summed E-state index contributed by atoms with van der Waals surface area (Å²) in [5.74, 6) is -0.426. The average molecular weight is 669 g/mol. The number of carbonyl (C=O) groups excluding carboxylic acids is 1. The van der Waals surface area contributed by atoms with Gasteiger partial charge >= 0.3 is 0 Å². The number of aryl methyl sites for hydroxylation is 1. The van der Waals surface area contributed by atoms with Crippen LogP contribution in [0, 0.1) is 19.7 Å². The Bertz CT molecular complexity index is 1800. The highest BCUT2D eigenvalue weighted by Crippen LogP contribution is 2.32. The van der Waals surface area contributed by atoms with Crippen LogP contribution < -0.4 is 15.8 Å². The van der Waals surface area contributed by atoms with E-state index in [-0.39, 0.29) is 29.9 Å². The molecule has 2 bridgehead atoms. The minimum absolute atomic E-state index is 0.121. The number of anilines is 1. The van der Waals surface area contributed by atoms with Gasteiger partial charge in [0.25, 0.3) is 11.5 Å². The van der Waals surface area contributed by atoms with Crippen molar-refractivity contribution < 1.29 is 18.7 Å². The van der Waals surface area contributed by atoms with Gasteiger partial charge in [0.15, 0.2) is 0 Å². The van der Waals surface area contributed by atoms with Crippen LogP contribution in [0.25, 0.3) is 12.2 Å². The first-order chi connectivity index (χ1) is 23.8. The number of rotatable bonds is 10. The molecule has 4 aliphatic rings. The van der Waals surface area contributed by atoms with Crippen molar-refractivity contribution in [3.63, 3.8) is 0 Å². The maximum Gasteiger partial charge on any atom is 0.253 e. The molecule has 1 amide bonds. The molecule has 7 rings (SSSR count). The van der Waals surface area contributed by atoms with Crippen LogP contribution in [0.4, 0.5) is 10.1 Å². The Balaban J connectivity index is 1.15. The van der Waals surface area contributed by atoms with Gasteiger partial charge in [0.2, 0.25) is 0 Å². The van der Waals surface area contributed by atoms with Crippen LogP contribution in [0.3, 0.4) is 0 Å². The molecule has 0 saturated carbocycles. The summed E-state index contributed by atoms with van der Waals surface area (Å²) in [7, 11) is 0. The van der Waals surface area contributed by atoms with Crippen molar-refractivity contribution in [2.24, 2.45) is 0 Å². The SMILES string of the molecule is CCN(c1cc(/C=C/c2ccc(CN3C[C@@H]4C[C@H]3CO4)c(F)c2)cc(C(=O)NCc2c(C)c3c([nH]c2=O)CCCC3)c1C)C1CCOCC1. The Morgan fingerprint density at radius 3 is 2.61 bits per heavy atom. The molecule has 0 radical (unpaired) electrons. The van der Waals surface area contributed by atoms with E-state index in [0.717, 1.165) is 111 Å².